The van der Waals surface area contributed by atoms with Crippen LogP contribution in [0, 0.1) is 6.92 Å². The van der Waals surface area contributed by atoms with Crippen LogP contribution in [0.4, 0.5) is 5.69 Å². The maximum atomic E-state index is 12.0. The van der Waals surface area contributed by atoms with Gasteiger partial charge in [0, 0.05) is 11.4 Å². The van der Waals surface area contributed by atoms with Crippen molar-refractivity contribution in [3.63, 3.8) is 0 Å². The van der Waals surface area contributed by atoms with E-state index in [1.807, 2.05) is 13.0 Å². The van der Waals surface area contributed by atoms with E-state index in [-0.39, 0.29) is 5.91 Å². The number of anilines is 1. The predicted molar refractivity (Wildman–Crippen MR) is 77.4 cm³/mol. The van der Waals surface area contributed by atoms with Crippen LogP contribution in [-0.4, -0.2) is 21.8 Å². The van der Waals surface area contributed by atoms with E-state index >= 15 is 0 Å². The van der Waals surface area contributed by atoms with E-state index in [0.29, 0.717) is 17.1 Å². The van der Waals surface area contributed by atoms with Crippen LogP contribution in [0.15, 0.2) is 47.6 Å². The number of aryl methyl sites for hydroxylation is 1. The third-order valence-corrected chi connectivity index (χ3v) is 2.83. The van der Waals surface area contributed by atoms with Crippen molar-refractivity contribution in [1.29, 1.82) is 0 Å². The summed E-state index contributed by atoms with van der Waals surface area (Å²) in [4.78, 5) is 16.2. The molecule has 5 heteroatoms. The highest BCUT2D eigenvalue weighted by Crippen LogP contribution is 2.11. The lowest BCUT2D eigenvalue weighted by atomic mass is 10.1. The van der Waals surface area contributed by atoms with Gasteiger partial charge in [-0.1, -0.05) is 23.4 Å². The molecule has 2 rings (SSSR count). The monoisotopic (exact) mass is 269 g/mol. The van der Waals surface area contributed by atoms with Crippen LogP contribution in [0.1, 0.15) is 28.7 Å². The molecule has 0 aliphatic heterocycles. The molecule has 0 saturated carbocycles. The average Bonchev–Trinajstić information content (AvgIpc) is 2.47. The average molecular weight is 269 g/mol. The van der Waals surface area contributed by atoms with Crippen molar-refractivity contribution in [3.05, 3.63) is 59.4 Å². The van der Waals surface area contributed by atoms with Crippen LogP contribution < -0.4 is 5.32 Å². The number of nitrogens with one attached hydrogen (secondary N) is 1. The predicted octanol–water partition coefficient (Wildman–Crippen LogP) is 2.84. The molecular weight excluding hydrogens is 254 g/mol. The summed E-state index contributed by atoms with van der Waals surface area (Å²) in [6.45, 7) is 3.53. The largest absolute Gasteiger partial charge is 0.411 e. The topological polar surface area (TPSA) is 74.6 Å². The molecule has 0 fully saturated rings. The van der Waals surface area contributed by atoms with Gasteiger partial charge in [-0.25, -0.2) is 4.98 Å². The number of carbonyl (C=O) groups is 1. The fraction of sp³-hybridized carbons (Fsp3) is 0.133. The first-order chi connectivity index (χ1) is 9.60. The Morgan fingerprint density at radius 3 is 2.50 bits per heavy atom. The maximum absolute atomic E-state index is 12.0. The first kappa shape index (κ1) is 13.7. The first-order valence-corrected chi connectivity index (χ1v) is 6.14. The number of oxime groups is 1. The lowest BCUT2D eigenvalue weighted by Gasteiger charge is -2.06. The summed E-state index contributed by atoms with van der Waals surface area (Å²) in [5.74, 6) is -0.256. The molecule has 0 aliphatic rings. The van der Waals surface area contributed by atoms with E-state index in [0.717, 1.165) is 11.3 Å². The highest BCUT2D eigenvalue weighted by Gasteiger charge is 2.07. The Bertz CT molecular complexity index is 648. The molecule has 0 spiro atoms. The fourth-order valence-electron chi connectivity index (χ4n) is 1.72. The molecular formula is C15H15N3O2. The normalized spacial score (nSPS) is 11.2. The first-order valence-electron chi connectivity index (χ1n) is 6.14. The molecule has 102 valence electrons. The second kappa shape index (κ2) is 5.97. The summed E-state index contributed by atoms with van der Waals surface area (Å²) >= 11 is 0. The highest BCUT2D eigenvalue weighted by atomic mass is 16.4. The minimum atomic E-state index is -0.256. The van der Waals surface area contributed by atoms with Crippen molar-refractivity contribution in [2.24, 2.45) is 5.16 Å². The zero-order valence-electron chi connectivity index (χ0n) is 11.3. The maximum Gasteiger partial charge on any atom is 0.274 e. The lowest BCUT2D eigenvalue weighted by Crippen LogP contribution is -2.14. The van der Waals surface area contributed by atoms with Crippen LogP contribution in [0.3, 0.4) is 0 Å². The van der Waals surface area contributed by atoms with Crippen LogP contribution in [0.5, 0.6) is 0 Å². The van der Waals surface area contributed by atoms with Gasteiger partial charge < -0.3 is 10.5 Å². The number of hydrogen-bond donors (Lipinski definition) is 2. The van der Waals surface area contributed by atoms with Gasteiger partial charge in [-0.05, 0) is 43.7 Å². The minimum absolute atomic E-state index is 0.256. The van der Waals surface area contributed by atoms with Gasteiger partial charge in [0.15, 0.2) is 0 Å². The van der Waals surface area contributed by atoms with Crippen molar-refractivity contribution < 1.29 is 10.0 Å². The second-order valence-corrected chi connectivity index (χ2v) is 4.38. The molecule has 0 atom stereocenters. The summed E-state index contributed by atoms with van der Waals surface area (Å²) < 4.78 is 0. The zero-order chi connectivity index (χ0) is 14.5. The van der Waals surface area contributed by atoms with Crippen LogP contribution in [0.2, 0.25) is 0 Å². The van der Waals surface area contributed by atoms with E-state index in [4.69, 9.17) is 5.21 Å². The third kappa shape index (κ3) is 3.20. The summed E-state index contributed by atoms with van der Waals surface area (Å²) in [7, 11) is 0. The Labute approximate surface area is 117 Å². The smallest absolute Gasteiger partial charge is 0.274 e. The Kier molecular flexibility index (Phi) is 4.10. The molecule has 1 aromatic heterocycles. The molecule has 1 heterocycles. The lowest BCUT2D eigenvalue weighted by molar-refractivity contribution is 0.102. The van der Waals surface area contributed by atoms with Crippen molar-refractivity contribution in [1.82, 2.24) is 4.98 Å². The number of benzene rings is 1. The molecule has 0 saturated heterocycles. The molecule has 0 bridgehead atoms. The van der Waals surface area contributed by atoms with Gasteiger partial charge in [-0.3, -0.25) is 4.79 Å². The summed E-state index contributed by atoms with van der Waals surface area (Å²) in [6, 6.07) is 12.3. The number of aromatic nitrogens is 1. The van der Waals surface area contributed by atoms with E-state index in [2.05, 4.69) is 15.5 Å². The van der Waals surface area contributed by atoms with Crippen molar-refractivity contribution in [3.8, 4) is 0 Å². The second-order valence-electron chi connectivity index (χ2n) is 4.38. The summed E-state index contributed by atoms with van der Waals surface area (Å²) in [6.07, 6.45) is 0. The van der Waals surface area contributed by atoms with E-state index < -0.39 is 0 Å². The Morgan fingerprint density at radius 1 is 1.20 bits per heavy atom. The zero-order valence-corrected chi connectivity index (χ0v) is 11.3. The van der Waals surface area contributed by atoms with Gasteiger partial charge in [-0.2, -0.15) is 0 Å². The standard InChI is InChI=1S/C15H15N3O2/c1-10-4-3-5-14(16-10)15(19)17-13-8-6-12(7-9-13)11(2)18-20/h3-9,20H,1-2H3,(H,17,19)/b18-11+. The fourth-order valence-corrected chi connectivity index (χ4v) is 1.72. The van der Waals surface area contributed by atoms with Gasteiger partial charge in [0.1, 0.15) is 5.69 Å². The highest BCUT2D eigenvalue weighted by molar-refractivity contribution is 6.03. The molecule has 0 radical (unpaired) electrons. The molecule has 0 aliphatic carbocycles. The van der Waals surface area contributed by atoms with Gasteiger partial charge in [0.2, 0.25) is 0 Å². The Balaban J connectivity index is 2.12. The molecule has 2 N–H and O–H groups in total. The molecule has 1 amide bonds. The van der Waals surface area contributed by atoms with Crippen LogP contribution in [0.25, 0.3) is 0 Å². The van der Waals surface area contributed by atoms with E-state index in [9.17, 15) is 4.79 Å². The summed E-state index contributed by atoms with van der Waals surface area (Å²) in [5, 5.41) is 14.6. The molecule has 1 aromatic carbocycles. The quantitative estimate of drug-likeness (QED) is 0.511. The van der Waals surface area contributed by atoms with Gasteiger partial charge in [-0.15, -0.1) is 0 Å². The Hall–Kier alpha value is -2.69. The number of nitrogens with zero attached hydrogens (tertiary/aromatic N) is 2. The van der Waals surface area contributed by atoms with Crippen LogP contribution >= 0.6 is 0 Å². The van der Waals surface area contributed by atoms with E-state index in [1.165, 1.54) is 0 Å². The molecule has 20 heavy (non-hydrogen) atoms. The van der Waals surface area contributed by atoms with Gasteiger partial charge in [0.05, 0.1) is 5.71 Å². The SMILES string of the molecule is C/C(=N\O)c1ccc(NC(=O)c2cccc(C)n2)cc1. The number of rotatable bonds is 3. The van der Waals surface area contributed by atoms with Crippen molar-refractivity contribution in [2.45, 2.75) is 13.8 Å². The van der Waals surface area contributed by atoms with Crippen molar-refractivity contribution in [2.75, 3.05) is 5.32 Å². The number of amides is 1. The Morgan fingerprint density at radius 2 is 1.90 bits per heavy atom. The van der Waals surface area contributed by atoms with E-state index in [1.54, 1.807) is 43.3 Å². The van der Waals surface area contributed by atoms with Gasteiger partial charge >= 0.3 is 0 Å². The molecule has 2 aromatic rings. The summed E-state index contributed by atoms with van der Waals surface area (Å²) in [5.41, 5.74) is 3.14. The minimum Gasteiger partial charge on any atom is -0.411 e. The molecule has 0 unspecified atom stereocenters. The van der Waals surface area contributed by atoms with Gasteiger partial charge in [0.25, 0.3) is 5.91 Å². The third-order valence-electron chi connectivity index (χ3n) is 2.83. The number of hydrogen-bond acceptors (Lipinski definition) is 4. The number of carbonyl (C=O) groups excluding carboxylic acids is 1. The van der Waals surface area contributed by atoms with Crippen LogP contribution in [-0.2, 0) is 0 Å². The number of pyridine rings is 1. The molecule has 5 nitrogen and oxygen atoms in total. The van der Waals surface area contributed by atoms with Crippen molar-refractivity contribution >= 4 is 17.3 Å².